The number of aromatic nitrogens is 1. The van der Waals surface area contributed by atoms with Gasteiger partial charge in [0.05, 0.1) is 36.8 Å². The number of fused-ring (bicyclic) bond motifs is 1. The van der Waals surface area contributed by atoms with E-state index in [2.05, 4.69) is 21.3 Å². The fourth-order valence-electron chi connectivity index (χ4n) is 4.02. The number of carbonyl (C=O) groups is 1. The van der Waals surface area contributed by atoms with Crippen molar-refractivity contribution in [2.75, 3.05) is 43.6 Å². The highest BCUT2D eigenvalue weighted by Crippen LogP contribution is 2.39. The predicted molar refractivity (Wildman–Crippen MR) is 110 cm³/mol. The second kappa shape index (κ2) is 8.63. The summed E-state index contributed by atoms with van der Waals surface area (Å²) in [5.74, 6) is 1.05. The second-order valence-electron chi connectivity index (χ2n) is 7.51. The lowest BCUT2D eigenvalue weighted by Crippen LogP contribution is -2.36. The first kappa shape index (κ1) is 19.4. The summed E-state index contributed by atoms with van der Waals surface area (Å²) >= 11 is 1.49. The molecule has 1 aromatic heterocycles. The normalized spacial score (nSPS) is 23.0. The molecule has 2 aromatic rings. The average molecular weight is 406 g/mol. The van der Waals surface area contributed by atoms with Gasteiger partial charge in [-0.3, -0.25) is 4.79 Å². The van der Waals surface area contributed by atoms with Crippen molar-refractivity contribution in [2.24, 2.45) is 5.92 Å². The molecule has 0 radical (unpaired) electrons. The first-order chi connectivity index (χ1) is 13.6. The van der Waals surface area contributed by atoms with Gasteiger partial charge in [0.2, 0.25) is 5.91 Å². The Kier molecular flexibility index (Phi) is 5.99. The summed E-state index contributed by atoms with van der Waals surface area (Å²) in [6.07, 6.45) is 3.68. The third kappa shape index (κ3) is 4.24. The number of hydrogen-bond donors (Lipinski definition) is 2. The van der Waals surface area contributed by atoms with E-state index in [9.17, 15) is 9.90 Å². The zero-order valence-electron chi connectivity index (χ0n) is 16.1. The molecule has 1 saturated carbocycles. The maximum absolute atomic E-state index is 12.5. The molecule has 2 heterocycles. The number of methoxy groups -OCH3 is 1. The second-order valence-corrected chi connectivity index (χ2v) is 8.51. The van der Waals surface area contributed by atoms with Crippen LogP contribution in [-0.4, -0.2) is 55.5 Å². The van der Waals surface area contributed by atoms with Gasteiger partial charge >= 0.3 is 0 Å². The topological polar surface area (TPSA) is 83.9 Å². The van der Waals surface area contributed by atoms with Gasteiger partial charge in [0, 0.05) is 19.5 Å². The Bertz CT molecular complexity index is 826. The fraction of sp³-hybridized carbons (Fsp3) is 0.600. The number of aliphatic hydroxyl groups excluding tert-OH is 1. The summed E-state index contributed by atoms with van der Waals surface area (Å²) in [4.78, 5) is 19.5. The molecule has 1 amide bonds. The SMILES string of the molecule is COc1ccc(N2CCOCC2)c2sc(NC(=O)C[C@H]3CC[C@@H](O)CC3)nc12. The predicted octanol–water partition coefficient (Wildman–Crippen LogP) is 3.02. The van der Waals surface area contributed by atoms with Crippen molar-refractivity contribution < 1.29 is 19.4 Å². The number of carbonyl (C=O) groups excluding carboxylic acids is 1. The molecule has 152 valence electrons. The molecule has 2 fully saturated rings. The van der Waals surface area contributed by atoms with Gasteiger partial charge in [0.1, 0.15) is 11.3 Å². The zero-order chi connectivity index (χ0) is 19.5. The minimum atomic E-state index is -0.199. The largest absolute Gasteiger partial charge is 0.494 e. The van der Waals surface area contributed by atoms with Crippen molar-refractivity contribution in [3.8, 4) is 5.75 Å². The number of hydrogen-bond acceptors (Lipinski definition) is 7. The number of ether oxygens (including phenoxy) is 2. The summed E-state index contributed by atoms with van der Waals surface area (Å²) in [6.45, 7) is 3.11. The van der Waals surface area contributed by atoms with E-state index in [0.29, 0.717) is 36.4 Å². The molecule has 1 aliphatic heterocycles. The molecule has 2 N–H and O–H groups in total. The lowest BCUT2D eigenvalue weighted by atomic mass is 9.85. The van der Waals surface area contributed by atoms with Gasteiger partial charge in [-0.05, 0) is 43.7 Å². The number of aliphatic hydroxyl groups is 1. The van der Waals surface area contributed by atoms with Crippen LogP contribution >= 0.6 is 11.3 Å². The molecule has 4 rings (SSSR count). The number of nitrogens with zero attached hydrogens (tertiary/aromatic N) is 2. The summed E-state index contributed by atoms with van der Waals surface area (Å²) in [5.41, 5.74) is 1.89. The Hall–Kier alpha value is -1.90. The highest BCUT2D eigenvalue weighted by atomic mass is 32.1. The third-order valence-corrected chi connectivity index (χ3v) is 6.59. The molecule has 1 saturated heterocycles. The maximum atomic E-state index is 12.5. The van der Waals surface area contributed by atoms with Crippen molar-refractivity contribution in [2.45, 2.75) is 38.2 Å². The minimum absolute atomic E-state index is 0.00710. The van der Waals surface area contributed by atoms with Crippen LogP contribution in [-0.2, 0) is 9.53 Å². The van der Waals surface area contributed by atoms with Crippen LogP contribution in [0.1, 0.15) is 32.1 Å². The van der Waals surface area contributed by atoms with E-state index in [4.69, 9.17) is 9.47 Å². The van der Waals surface area contributed by atoms with Crippen molar-refractivity contribution in [3.05, 3.63) is 12.1 Å². The number of nitrogens with one attached hydrogen (secondary N) is 1. The maximum Gasteiger partial charge on any atom is 0.226 e. The molecule has 0 atom stereocenters. The molecule has 28 heavy (non-hydrogen) atoms. The highest BCUT2D eigenvalue weighted by molar-refractivity contribution is 7.23. The van der Waals surface area contributed by atoms with E-state index >= 15 is 0 Å². The Morgan fingerprint density at radius 1 is 1.32 bits per heavy atom. The summed E-state index contributed by atoms with van der Waals surface area (Å²) in [6, 6.07) is 4.00. The molecule has 1 aliphatic carbocycles. The number of morpholine rings is 1. The smallest absolute Gasteiger partial charge is 0.226 e. The molecule has 8 heteroatoms. The van der Waals surface area contributed by atoms with E-state index in [1.807, 2.05) is 6.07 Å². The van der Waals surface area contributed by atoms with Gasteiger partial charge in [-0.2, -0.15) is 0 Å². The Morgan fingerprint density at radius 3 is 2.79 bits per heavy atom. The van der Waals surface area contributed by atoms with E-state index in [-0.39, 0.29) is 12.0 Å². The monoisotopic (exact) mass is 405 g/mol. The summed E-state index contributed by atoms with van der Waals surface area (Å²) in [7, 11) is 1.64. The van der Waals surface area contributed by atoms with Crippen molar-refractivity contribution >= 4 is 38.3 Å². The number of amides is 1. The quantitative estimate of drug-likeness (QED) is 0.796. The van der Waals surface area contributed by atoms with Gasteiger partial charge in [0.25, 0.3) is 0 Å². The number of anilines is 2. The Balaban J connectivity index is 1.52. The van der Waals surface area contributed by atoms with Crippen LogP contribution in [0.3, 0.4) is 0 Å². The van der Waals surface area contributed by atoms with Gasteiger partial charge < -0.3 is 24.8 Å². The lowest BCUT2D eigenvalue weighted by molar-refractivity contribution is -0.117. The summed E-state index contributed by atoms with van der Waals surface area (Å²) < 4.78 is 12.0. The Labute approximate surface area is 168 Å². The average Bonchev–Trinajstić information content (AvgIpc) is 3.13. The van der Waals surface area contributed by atoms with Crippen LogP contribution in [0.2, 0.25) is 0 Å². The minimum Gasteiger partial charge on any atom is -0.494 e. The molecule has 0 unspecified atom stereocenters. The molecule has 0 spiro atoms. The highest BCUT2D eigenvalue weighted by Gasteiger charge is 2.23. The van der Waals surface area contributed by atoms with Crippen LogP contribution in [0.5, 0.6) is 5.75 Å². The van der Waals surface area contributed by atoms with Gasteiger partial charge in [-0.25, -0.2) is 4.98 Å². The molecule has 7 nitrogen and oxygen atoms in total. The van der Waals surface area contributed by atoms with Crippen molar-refractivity contribution in [1.29, 1.82) is 0 Å². The first-order valence-corrected chi connectivity index (χ1v) is 10.7. The first-order valence-electron chi connectivity index (χ1n) is 9.92. The van der Waals surface area contributed by atoms with E-state index in [1.54, 1.807) is 7.11 Å². The van der Waals surface area contributed by atoms with Crippen LogP contribution in [0, 0.1) is 5.92 Å². The van der Waals surface area contributed by atoms with E-state index in [0.717, 1.165) is 54.7 Å². The Morgan fingerprint density at radius 2 is 2.07 bits per heavy atom. The molecular weight excluding hydrogens is 378 g/mol. The van der Waals surface area contributed by atoms with Gasteiger partial charge in [-0.15, -0.1) is 0 Å². The zero-order valence-corrected chi connectivity index (χ0v) is 17.0. The number of benzene rings is 1. The lowest BCUT2D eigenvalue weighted by Gasteiger charge is -2.29. The summed E-state index contributed by atoms with van der Waals surface area (Å²) in [5, 5.41) is 13.2. The van der Waals surface area contributed by atoms with E-state index < -0.39 is 0 Å². The molecule has 2 aliphatic rings. The number of rotatable bonds is 5. The van der Waals surface area contributed by atoms with Crippen LogP contribution in [0.25, 0.3) is 10.2 Å². The van der Waals surface area contributed by atoms with Gasteiger partial charge in [0.15, 0.2) is 5.13 Å². The van der Waals surface area contributed by atoms with Crippen LogP contribution < -0.4 is 15.0 Å². The third-order valence-electron chi connectivity index (χ3n) is 5.59. The van der Waals surface area contributed by atoms with Crippen molar-refractivity contribution in [1.82, 2.24) is 4.98 Å². The van der Waals surface area contributed by atoms with Crippen LogP contribution in [0.4, 0.5) is 10.8 Å². The molecule has 1 aromatic carbocycles. The fourth-order valence-corrected chi connectivity index (χ4v) is 5.06. The molecule has 0 bridgehead atoms. The molecular formula is C20H27N3O4S. The van der Waals surface area contributed by atoms with Crippen molar-refractivity contribution in [3.63, 3.8) is 0 Å². The standard InChI is InChI=1S/C20H27N3O4S/c1-26-16-7-6-15(23-8-10-27-11-9-23)19-18(16)22-20(28-19)21-17(25)12-13-2-4-14(24)5-3-13/h6-7,13-14,24H,2-5,8-12H2,1H3,(H,21,22,25)/t13-,14+. The van der Waals surface area contributed by atoms with Gasteiger partial charge in [-0.1, -0.05) is 11.3 Å². The van der Waals surface area contributed by atoms with E-state index in [1.165, 1.54) is 11.3 Å². The number of thiazole rings is 1. The van der Waals surface area contributed by atoms with Crippen LogP contribution in [0.15, 0.2) is 12.1 Å².